The van der Waals surface area contributed by atoms with Crippen LogP contribution >= 0.6 is 11.3 Å². The van der Waals surface area contributed by atoms with Gasteiger partial charge in [0.2, 0.25) is 0 Å². The molecule has 0 saturated heterocycles. The Hall–Kier alpha value is -3.25. The van der Waals surface area contributed by atoms with E-state index in [0.717, 1.165) is 32.8 Å². The van der Waals surface area contributed by atoms with Crippen LogP contribution in [0, 0.1) is 11.6 Å². The van der Waals surface area contributed by atoms with Crippen LogP contribution in [0.4, 0.5) is 13.8 Å². The van der Waals surface area contributed by atoms with E-state index in [4.69, 9.17) is 4.74 Å². The van der Waals surface area contributed by atoms with Crippen LogP contribution in [0.2, 0.25) is 0 Å². The van der Waals surface area contributed by atoms with E-state index in [1.165, 1.54) is 17.4 Å². The van der Waals surface area contributed by atoms with Crippen LogP contribution in [0.15, 0.2) is 66.7 Å². The molecule has 152 valence electrons. The van der Waals surface area contributed by atoms with Crippen LogP contribution in [0.25, 0.3) is 10.1 Å². The predicted octanol–water partition coefficient (Wildman–Crippen LogP) is 6.06. The van der Waals surface area contributed by atoms with Gasteiger partial charge in [-0.25, -0.2) is 8.78 Å². The second kappa shape index (κ2) is 8.24. The van der Waals surface area contributed by atoms with E-state index in [1.807, 2.05) is 67.5 Å². The highest BCUT2D eigenvalue weighted by molar-refractivity contribution is 7.23. The highest BCUT2D eigenvalue weighted by Crippen LogP contribution is 2.40. The molecule has 0 aliphatic heterocycles. The molecule has 0 atom stereocenters. The van der Waals surface area contributed by atoms with Gasteiger partial charge in [0.1, 0.15) is 17.4 Å². The molecule has 0 aliphatic rings. The molecule has 0 aliphatic carbocycles. The van der Waals surface area contributed by atoms with Crippen LogP contribution in [-0.4, -0.2) is 19.9 Å². The lowest BCUT2D eigenvalue weighted by Gasteiger charge is -2.12. The van der Waals surface area contributed by atoms with Gasteiger partial charge in [0.05, 0.1) is 5.56 Å². The Labute approximate surface area is 177 Å². The Kier molecular flexibility index (Phi) is 5.50. The molecule has 0 amide bonds. The standard InChI is InChI=1S/C24H19F2NO2S/c1-27(2)24-22(23(28)16-8-11-19(25)20(26)12-16)18-10-9-17(13-21(18)30-24)29-14-15-6-4-3-5-7-15/h3-13H,14H2,1-2H3. The van der Waals surface area contributed by atoms with E-state index in [0.29, 0.717) is 17.9 Å². The number of carbonyl (C=O) groups is 1. The van der Waals surface area contributed by atoms with Crippen molar-refractivity contribution in [3.8, 4) is 5.75 Å². The lowest BCUT2D eigenvalue weighted by Crippen LogP contribution is -2.12. The molecule has 0 unspecified atom stereocenters. The van der Waals surface area contributed by atoms with Gasteiger partial charge >= 0.3 is 0 Å². The first-order valence-electron chi connectivity index (χ1n) is 9.34. The Bertz CT molecular complexity index is 1220. The Morgan fingerprint density at radius 3 is 2.43 bits per heavy atom. The number of ether oxygens (including phenoxy) is 1. The topological polar surface area (TPSA) is 29.5 Å². The van der Waals surface area contributed by atoms with E-state index >= 15 is 0 Å². The van der Waals surface area contributed by atoms with Crippen molar-refractivity contribution >= 4 is 32.2 Å². The maximum atomic E-state index is 13.7. The second-order valence-electron chi connectivity index (χ2n) is 7.07. The van der Waals surface area contributed by atoms with Crippen LogP contribution < -0.4 is 9.64 Å². The number of halogens is 2. The van der Waals surface area contributed by atoms with Gasteiger partial charge in [-0.15, -0.1) is 11.3 Å². The maximum Gasteiger partial charge on any atom is 0.196 e. The van der Waals surface area contributed by atoms with Crippen molar-refractivity contribution in [3.63, 3.8) is 0 Å². The lowest BCUT2D eigenvalue weighted by atomic mass is 10.0. The van der Waals surface area contributed by atoms with Crippen molar-refractivity contribution in [1.82, 2.24) is 0 Å². The molecule has 0 spiro atoms. The van der Waals surface area contributed by atoms with Crippen molar-refractivity contribution in [2.45, 2.75) is 6.61 Å². The molecular formula is C24H19F2NO2S. The molecule has 3 nitrogen and oxygen atoms in total. The summed E-state index contributed by atoms with van der Waals surface area (Å²) < 4.78 is 33.8. The van der Waals surface area contributed by atoms with Gasteiger partial charge in [0.15, 0.2) is 17.4 Å². The normalized spacial score (nSPS) is 10.9. The predicted molar refractivity (Wildman–Crippen MR) is 117 cm³/mol. The Morgan fingerprint density at radius 2 is 1.73 bits per heavy atom. The zero-order valence-electron chi connectivity index (χ0n) is 16.5. The second-order valence-corrected chi connectivity index (χ2v) is 8.10. The van der Waals surface area contributed by atoms with Gasteiger partial charge in [0, 0.05) is 29.7 Å². The van der Waals surface area contributed by atoms with Crippen LogP contribution in [-0.2, 0) is 6.61 Å². The smallest absolute Gasteiger partial charge is 0.196 e. The Balaban J connectivity index is 1.71. The summed E-state index contributed by atoms with van der Waals surface area (Å²) >= 11 is 1.46. The molecule has 3 aromatic carbocycles. The van der Waals surface area contributed by atoms with Crippen molar-refractivity contribution in [2.24, 2.45) is 0 Å². The number of hydrogen-bond acceptors (Lipinski definition) is 4. The SMILES string of the molecule is CN(C)c1sc2cc(OCc3ccccc3)ccc2c1C(=O)c1ccc(F)c(F)c1. The summed E-state index contributed by atoms with van der Waals surface area (Å²) in [5.74, 6) is -1.66. The summed E-state index contributed by atoms with van der Waals surface area (Å²) in [6.07, 6.45) is 0. The number of carbonyl (C=O) groups excluding carboxylic acids is 1. The zero-order valence-corrected chi connectivity index (χ0v) is 17.3. The minimum atomic E-state index is -1.04. The molecular weight excluding hydrogens is 404 g/mol. The molecule has 0 bridgehead atoms. The van der Waals surface area contributed by atoms with Gasteiger partial charge in [0.25, 0.3) is 0 Å². The fourth-order valence-corrected chi connectivity index (χ4v) is 4.36. The molecule has 4 aromatic rings. The fourth-order valence-electron chi connectivity index (χ4n) is 3.21. The van der Waals surface area contributed by atoms with Crippen molar-refractivity contribution < 1.29 is 18.3 Å². The number of nitrogens with zero attached hydrogens (tertiary/aromatic N) is 1. The zero-order chi connectivity index (χ0) is 21.3. The van der Waals surface area contributed by atoms with Gasteiger partial charge < -0.3 is 9.64 Å². The Morgan fingerprint density at radius 1 is 0.967 bits per heavy atom. The average Bonchev–Trinajstić information content (AvgIpc) is 3.13. The number of anilines is 1. The third kappa shape index (κ3) is 3.91. The molecule has 0 saturated carbocycles. The number of thiophene rings is 1. The van der Waals surface area contributed by atoms with Crippen LogP contribution in [0.1, 0.15) is 21.5 Å². The number of fused-ring (bicyclic) bond motifs is 1. The minimum absolute atomic E-state index is 0.112. The number of ketones is 1. The number of rotatable bonds is 6. The van der Waals surface area contributed by atoms with Crippen molar-refractivity contribution in [1.29, 1.82) is 0 Å². The third-order valence-electron chi connectivity index (χ3n) is 4.71. The van der Waals surface area contributed by atoms with Gasteiger partial charge in [-0.2, -0.15) is 0 Å². The maximum absolute atomic E-state index is 13.7. The highest BCUT2D eigenvalue weighted by Gasteiger charge is 2.23. The lowest BCUT2D eigenvalue weighted by molar-refractivity contribution is 0.104. The quantitative estimate of drug-likeness (QED) is 0.353. The van der Waals surface area contributed by atoms with Crippen LogP contribution in [0.5, 0.6) is 5.75 Å². The molecule has 30 heavy (non-hydrogen) atoms. The fraction of sp³-hybridized carbons (Fsp3) is 0.125. The van der Waals surface area contributed by atoms with E-state index < -0.39 is 11.6 Å². The van der Waals surface area contributed by atoms with Gasteiger partial charge in [-0.05, 0) is 42.0 Å². The van der Waals surface area contributed by atoms with E-state index in [-0.39, 0.29) is 11.3 Å². The summed E-state index contributed by atoms with van der Waals surface area (Å²) in [6.45, 7) is 0.443. The molecule has 0 radical (unpaired) electrons. The summed E-state index contributed by atoms with van der Waals surface area (Å²) in [5, 5.41) is 1.51. The first kappa shape index (κ1) is 20.0. The third-order valence-corrected chi connectivity index (χ3v) is 6.03. The van der Waals surface area contributed by atoms with Crippen molar-refractivity contribution in [2.75, 3.05) is 19.0 Å². The molecule has 1 aromatic heterocycles. The first-order valence-corrected chi connectivity index (χ1v) is 10.2. The molecule has 0 fully saturated rings. The van der Waals surface area contributed by atoms with Crippen LogP contribution in [0.3, 0.4) is 0 Å². The van der Waals surface area contributed by atoms with E-state index in [9.17, 15) is 13.6 Å². The minimum Gasteiger partial charge on any atom is -0.489 e. The number of benzene rings is 3. The van der Waals surface area contributed by atoms with E-state index in [1.54, 1.807) is 0 Å². The summed E-state index contributed by atoms with van der Waals surface area (Å²) in [7, 11) is 3.69. The molecule has 4 rings (SSSR count). The molecule has 6 heteroatoms. The van der Waals surface area contributed by atoms with Gasteiger partial charge in [-0.3, -0.25) is 4.79 Å². The highest BCUT2D eigenvalue weighted by atomic mass is 32.1. The monoisotopic (exact) mass is 423 g/mol. The molecule has 0 N–H and O–H groups in total. The summed E-state index contributed by atoms with van der Waals surface area (Å²) in [5.41, 5.74) is 1.65. The average molecular weight is 423 g/mol. The summed E-state index contributed by atoms with van der Waals surface area (Å²) in [6, 6.07) is 18.6. The largest absolute Gasteiger partial charge is 0.489 e. The van der Waals surface area contributed by atoms with Crippen molar-refractivity contribution in [3.05, 3.63) is 95.1 Å². The number of hydrogen-bond donors (Lipinski definition) is 0. The van der Waals surface area contributed by atoms with E-state index in [2.05, 4.69) is 0 Å². The molecule has 1 heterocycles. The van der Waals surface area contributed by atoms with Gasteiger partial charge in [-0.1, -0.05) is 30.3 Å². The first-order chi connectivity index (χ1) is 14.4. The summed E-state index contributed by atoms with van der Waals surface area (Å²) in [4.78, 5) is 15.0.